The van der Waals surface area contributed by atoms with Crippen LogP contribution in [0.3, 0.4) is 0 Å². The molecular weight excluding hydrogens is 709 g/mol. The van der Waals surface area contributed by atoms with Crippen molar-refractivity contribution in [1.29, 1.82) is 0 Å². The van der Waals surface area contributed by atoms with Gasteiger partial charge in [0.25, 0.3) is 0 Å². The van der Waals surface area contributed by atoms with E-state index in [2.05, 4.69) is 10.3 Å². The second kappa shape index (κ2) is 13.1. The zero-order valence-electron chi connectivity index (χ0n) is 27.9. The van der Waals surface area contributed by atoms with E-state index in [1.807, 2.05) is 12.1 Å². The summed E-state index contributed by atoms with van der Waals surface area (Å²) < 4.78 is 50.9. The number of benzene rings is 2. The third kappa shape index (κ3) is 7.29. The van der Waals surface area contributed by atoms with Crippen LogP contribution in [-0.2, 0) is 23.8 Å². The van der Waals surface area contributed by atoms with E-state index in [9.17, 15) is 24.0 Å². The van der Waals surface area contributed by atoms with Gasteiger partial charge in [0.2, 0.25) is 0 Å². The van der Waals surface area contributed by atoms with Gasteiger partial charge in [-0.05, 0) is 41.5 Å². The number of esters is 2. The fraction of sp³-hybridized carbons (Fsp3) is 0.412. The number of carbonyl (C=O) groups excluding carboxylic acids is 3. The summed E-state index contributed by atoms with van der Waals surface area (Å²) >= 11 is -0.261. The minimum absolute atomic E-state index is 0.121. The Morgan fingerprint density at radius 3 is 2.29 bits per heavy atom. The Labute approximate surface area is 286 Å². The maximum atomic E-state index is 15.9. The van der Waals surface area contributed by atoms with Crippen molar-refractivity contribution in [3.8, 4) is 5.69 Å². The number of anilines is 1. The van der Waals surface area contributed by atoms with E-state index in [-0.39, 0.29) is 31.7 Å². The zero-order valence-corrected chi connectivity index (χ0v) is 29.6. The van der Waals surface area contributed by atoms with Crippen molar-refractivity contribution in [3.05, 3.63) is 86.7 Å². The normalized spacial score (nSPS) is 19.1. The molecule has 0 spiro atoms. The van der Waals surface area contributed by atoms with Gasteiger partial charge < -0.3 is 14.2 Å². The number of hydrogen-bond acceptors (Lipinski definition) is 9. The average Bonchev–Trinajstić information content (AvgIpc) is 3.47. The van der Waals surface area contributed by atoms with Crippen LogP contribution >= 0.6 is 0 Å². The van der Waals surface area contributed by atoms with Crippen LogP contribution in [-0.4, -0.2) is 70.4 Å². The monoisotopic (exact) mass is 746 g/mol. The van der Waals surface area contributed by atoms with Crippen molar-refractivity contribution in [2.75, 3.05) is 11.9 Å². The van der Waals surface area contributed by atoms with Crippen LogP contribution in [0.4, 0.5) is 14.6 Å². The number of rotatable bonds is 7. The predicted octanol–water partition coefficient (Wildman–Crippen LogP) is 4.25. The molecule has 1 saturated heterocycles. The molecule has 1 N–H and O–H groups in total. The zero-order chi connectivity index (χ0) is 36.1. The number of ether oxygens (including phenoxy) is 3. The van der Waals surface area contributed by atoms with Crippen molar-refractivity contribution in [3.63, 3.8) is 0 Å². The van der Waals surface area contributed by atoms with E-state index >= 15 is 8.78 Å². The third-order valence-electron chi connectivity index (χ3n) is 7.69. The fourth-order valence-corrected chi connectivity index (χ4v) is 7.01. The van der Waals surface area contributed by atoms with Crippen LogP contribution in [0.15, 0.2) is 64.3 Å². The molecule has 2 aromatic carbocycles. The molecule has 3 heterocycles. The number of halogens is 2. The van der Waals surface area contributed by atoms with E-state index in [0.29, 0.717) is 21.2 Å². The Balaban J connectivity index is 1.36. The van der Waals surface area contributed by atoms with Gasteiger partial charge in [-0.2, -0.15) is 8.78 Å². The number of amides is 1. The van der Waals surface area contributed by atoms with Crippen LogP contribution in [0.2, 0.25) is 0 Å². The Kier molecular flexibility index (Phi) is 9.58. The van der Waals surface area contributed by atoms with E-state index in [1.54, 1.807) is 61.6 Å². The molecular formula is C34H36F2N4O8Se. The maximum absolute atomic E-state index is 15.9. The van der Waals surface area contributed by atoms with Crippen LogP contribution in [0, 0.1) is 17.8 Å². The topological polar surface area (TPSA) is 148 Å². The van der Waals surface area contributed by atoms with E-state index < -0.39 is 65.3 Å². The molecule has 0 aliphatic carbocycles. The van der Waals surface area contributed by atoms with E-state index in [0.717, 1.165) is 16.5 Å². The summed E-state index contributed by atoms with van der Waals surface area (Å²) in [5.74, 6) is -6.42. The number of nitrogens with zero attached hydrogens (tertiary/aromatic N) is 3. The first-order valence-corrected chi connectivity index (χ1v) is 17.0. The van der Waals surface area contributed by atoms with Gasteiger partial charge in [-0.1, -0.05) is 0 Å². The summed E-state index contributed by atoms with van der Waals surface area (Å²) in [5, 5.41) is 3.15. The van der Waals surface area contributed by atoms with Crippen LogP contribution < -0.4 is 16.6 Å². The van der Waals surface area contributed by atoms with Gasteiger partial charge >= 0.3 is 183 Å². The number of alkyl halides is 2. The molecule has 12 nitrogen and oxygen atoms in total. The summed E-state index contributed by atoms with van der Waals surface area (Å²) in [6.07, 6.45) is -5.10. The molecule has 1 aliphatic heterocycles. The summed E-state index contributed by atoms with van der Waals surface area (Å²) in [5.41, 5.74) is -1.96. The quantitative estimate of drug-likeness (QED) is 0.217. The molecule has 15 heteroatoms. The number of hydrogen-bond donors (Lipinski definition) is 1. The summed E-state index contributed by atoms with van der Waals surface area (Å²) in [4.78, 5) is 67.9. The van der Waals surface area contributed by atoms with Crippen LogP contribution in [0.25, 0.3) is 15.3 Å². The number of aryl methyl sites for hydroxylation is 1. The molecule has 0 bridgehead atoms. The fourth-order valence-electron chi connectivity index (χ4n) is 4.93. The Morgan fingerprint density at radius 2 is 1.67 bits per heavy atom. The average molecular weight is 746 g/mol. The predicted molar refractivity (Wildman–Crippen MR) is 176 cm³/mol. The van der Waals surface area contributed by atoms with Gasteiger partial charge in [0.15, 0.2) is 6.10 Å². The standard InChI is InChI=1S/C34H36F2N4O8Se/c1-18-16-19(40-27(42)21-10-8-9-11-23(21)49-40)12-13-20(18)26(41)37-24-14-15-39(31(45)38-24)28-34(35,36)25(48-30(44)33(5,6)7)22(47-28)17-46-29(43)32(2,3)4/h8-16,22,25,28H,17H2,1-7H3,(H,37,38,41,45)/t22-,25-,28-/m0/s1. The Hall–Kier alpha value is -4.46. The van der Waals surface area contributed by atoms with Crippen molar-refractivity contribution >= 4 is 48.0 Å². The second-order valence-electron chi connectivity index (χ2n) is 13.8. The number of aromatic nitrogens is 3. The molecule has 0 saturated carbocycles. The molecule has 5 rings (SSSR count). The first kappa shape index (κ1) is 35.8. The number of fused-ring (bicyclic) bond motifs is 1. The van der Waals surface area contributed by atoms with Gasteiger partial charge in [0.1, 0.15) is 12.7 Å². The SMILES string of the molecule is Cc1cc(-n2[se]c3ccccc3c2=O)ccc1C(=O)Nc1ccn([C@H]2O[C@@H](COC(=O)C(C)(C)C)[C@H](OC(=O)C(C)(C)C)C2(F)F)c(=O)n1. The molecule has 1 aliphatic rings. The van der Waals surface area contributed by atoms with E-state index in [1.165, 1.54) is 20.8 Å². The van der Waals surface area contributed by atoms with Gasteiger partial charge in [0.05, 0.1) is 10.8 Å². The number of carbonyl (C=O) groups is 3. The molecule has 1 fully saturated rings. The first-order chi connectivity index (χ1) is 22.8. The molecule has 49 heavy (non-hydrogen) atoms. The van der Waals surface area contributed by atoms with Crippen LogP contribution in [0.1, 0.15) is 63.7 Å². The van der Waals surface area contributed by atoms with Gasteiger partial charge in [-0.25, -0.2) is 0 Å². The van der Waals surface area contributed by atoms with E-state index in [4.69, 9.17) is 14.2 Å². The van der Waals surface area contributed by atoms with Gasteiger partial charge in [-0.3, -0.25) is 9.59 Å². The van der Waals surface area contributed by atoms with Crippen molar-refractivity contribution in [2.24, 2.45) is 10.8 Å². The Bertz CT molecular complexity index is 2060. The van der Waals surface area contributed by atoms with Crippen molar-refractivity contribution in [1.82, 2.24) is 13.1 Å². The summed E-state index contributed by atoms with van der Waals surface area (Å²) in [6.45, 7) is 10.2. The number of nitrogens with one attached hydrogen (secondary N) is 1. The summed E-state index contributed by atoms with van der Waals surface area (Å²) in [6, 6.07) is 13.4. The molecule has 260 valence electrons. The minimum atomic E-state index is -3.95. The van der Waals surface area contributed by atoms with Gasteiger partial charge in [-0.15, -0.1) is 0 Å². The molecule has 4 aromatic rings. The Morgan fingerprint density at radius 1 is 1.00 bits per heavy atom. The van der Waals surface area contributed by atoms with Crippen LogP contribution in [0.5, 0.6) is 0 Å². The van der Waals surface area contributed by atoms with Crippen molar-refractivity contribution < 1.29 is 37.4 Å². The van der Waals surface area contributed by atoms with Crippen molar-refractivity contribution in [2.45, 2.75) is 72.8 Å². The summed E-state index contributed by atoms with van der Waals surface area (Å²) in [7, 11) is 0. The second-order valence-corrected chi connectivity index (χ2v) is 15.8. The molecule has 0 radical (unpaired) electrons. The molecule has 2 aromatic heterocycles. The molecule has 0 unspecified atom stereocenters. The first-order valence-electron chi connectivity index (χ1n) is 15.3. The molecule has 1 amide bonds. The van der Waals surface area contributed by atoms with Gasteiger partial charge in [0, 0.05) is 0 Å². The third-order valence-corrected chi connectivity index (χ3v) is 10.0. The molecule has 3 atom stereocenters.